The summed E-state index contributed by atoms with van der Waals surface area (Å²) in [6.45, 7) is 15.0. The van der Waals surface area contributed by atoms with E-state index in [-0.39, 0.29) is 75.2 Å². The number of ether oxygens (including phenoxy) is 2. The van der Waals surface area contributed by atoms with Crippen LogP contribution in [0.1, 0.15) is 91.9 Å². The number of alkyl carbamates (subject to hydrolysis) is 2. The molecule has 3 saturated heterocycles. The molecule has 3 atom stereocenters. The number of carbonyl (C=O) groups excluding carboxylic acids is 4. The third-order valence-electron chi connectivity index (χ3n) is 17.4. The number of aromatic amines is 3. The van der Waals surface area contributed by atoms with Crippen molar-refractivity contribution in [1.29, 1.82) is 0 Å². The first-order valence-corrected chi connectivity index (χ1v) is 34.4. The Morgan fingerprint density at radius 1 is 0.481 bits per heavy atom. The molecular formula is C76H75F3N18O11. The van der Waals surface area contributed by atoms with E-state index in [1.807, 2.05) is 20.8 Å². The quantitative estimate of drug-likeness (QED) is 0.0597. The van der Waals surface area contributed by atoms with Gasteiger partial charge in [-0.3, -0.25) is 24.0 Å². The monoisotopic (exact) mass is 1470 g/mol. The lowest BCUT2D eigenvalue weighted by atomic mass is 10.1. The zero-order valence-electron chi connectivity index (χ0n) is 59.3. The van der Waals surface area contributed by atoms with E-state index in [4.69, 9.17) is 20.3 Å². The topological polar surface area (TPSA) is 383 Å². The Labute approximate surface area is 612 Å². The molecular weight excluding hydrogens is 1400 g/mol. The van der Waals surface area contributed by atoms with Gasteiger partial charge in [0, 0.05) is 88.6 Å². The Hall–Kier alpha value is -13.0. The van der Waals surface area contributed by atoms with Gasteiger partial charge in [-0.05, 0) is 213 Å². The van der Waals surface area contributed by atoms with Crippen molar-refractivity contribution < 1.29 is 51.7 Å². The summed E-state index contributed by atoms with van der Waals surface area (Å²) in [5.74, 6) is -2.41. The highest BCUT2D eigenvalue weighted by molar-refractivity contribution is 5.95. The number of hydrogen-bond acceptors (Lipinski definition) is 18. The zero-order valence-corrected chi connectivity index (χ0v) is 59.3. The van der Waals surface area contributed by atoms with Gasteiger partial charge in [-0.25, -0.2) is 41.6 Å². The van der Waals surface area contributed by atoms with E-state index < -0.39 is 34.9 Å². The number of aromatic nitrogens is 12. The van der Waals surface area contributed by atoms with Crippen molar-refractivity contribution >= 4 is 62.7 Å². The molecule has 32 heteroatoms. The Bertz CT molecular complexity index is 5530. The Morgan fingerprint density at radius 2 is 0.843 bits per heavy atom. The van der Waals surface area contributed by atoms with E-state index in [9.17, 15) is 51.5 Å². The third-order valence-corrected chi connectivity index (χ3v) is 17.4. The lowest BCUT2D eigenvalue weighted by Crippen LogP contribution is -2.41. The van der Waals surface area contributed by atoms with Crippen LogP contribution in [-0.4, -0.2) is 173 Å². The number of carbonyl (C=O) groups is 5. The van der Waals surface area contributed by atoms with Crippen molar-refractivity contribution in [3.8, 4) is 50.8 Å². The first-order valence-electron chi connectivity index (χ1n) is 34.4. The van der Waals surface area contributed by atoms with Crippen molar-refractivity contribution in [2.75, 3.05) is 39.3 Å². The van der Waals surface area contributed by atoms with Crippen LogP contribution in [0.25, 0.3) is 83.5 Å². The van der Waals surface area contributed by atoms with E-state index in [1.54, 1.807) is 128 Å². The van der Waals surface area contributed by atoms with Gasteiger partial charge in [-0.2, -0.15) is 0 Å². The van der Waals surface area contributed by atoms with Crippen molar-refractivity contribution in [3.63, 3.8) is 0 Å². The molecule has 0 aliphatic carbocycles. The zero-order chi connectivity index (χ0) is 76.7. The van der Waals surface area contributed by atoms with Crippen LogP contribution in [0.2, 0.25) is 0 Å². The van der Waals surface area contributed by atoms with Gasteiger partial charge in [-0.1, -0.05) is 15.6 Å². The number of hydrogen-bond donors (Lipinski definition) is 8. The summed E-state index contributed by atoms with van der Waals surface area (Å²) < 4.78 is 55.5. The number of halogens is 3. The number of aromatic carboxylic acids is 1. The third kappa shape index (κ3) is 18.6. The molecule has 29 nitrogen and oxygen atoms in total. The van der Waals surface area contributed by atoms with Crippen LogP contribution in [0.5, 0.6) is 0 Å². The molecule has 556 valence electrons. The van der Waals surface area contributed by atoms with E-state index >= 15 is 0 Å². The Morgan fingerprint density at radius 3 is 1.19 bits per heavy atom. The van der Waals surface area contributed by atoms with Gasteiger partial charge in [0.25, 0.3) is 28.5 Å². The molecule has 3 fully saturated rings. The van der Waals surface area contributed by atoms with E-state index in [1.165, 1.54) is 80.8 Å². The summed E-state index contributed by atoms with van der Waals surface area (Å²) in [5.41, 5.74) is 10.4. The fourth-order valence-corrected chi connectivity index (χ4v) is 12.0. The van der Waals surface area contributed by atoms with E-state index in [0.717, 1.165) is 25.9 Å². The van der Waals surface area contributed by atoms with Crippen molar-refractivity contribution in [3.05, 3.63) is 229 Å². The van der Waals surface area contributed by atoms with Crippen LogP contribution in [0.4, 0.5) is 22.8 Å². The van der Waals surface area contributed by atoms with Gasteiger partial charge in [0.05, 0.1) is 63.9 Å². The molecule has 0 unspecified atom stereocenters. The molecule has 0 bridgehead atoms. The number of H-pyrrole nitrogens is 3. The number of likely N-dealkylation sites (tertiary alicyclic amines) is 2. The lowest BCUT2D eigenvalue weighted by Gasteiger charge is -2.22. The van der Waals surface area contributed by atoms with Crippen LogP contribution in [0, 0.1) is 17.5 Å². The van der Waals surface area contributed by atoms with Gasteiger partial charge in [0.1, 0.15) is 45.7 Å². The summed E-state index contributed by atoms with van der Waals surface area (Å²) in [6.07, 6.45) is 6.39. The van der Waals surface area contributed by atoms with Gasteiger partial charge in [-0.15, -0.1) is 15.3 Å². The van der Waals surface area contributed by atoms with Gasteiger partial charge >= 0.3 is 18.2 Å². The second kappa shape index (κ2) is 31.8. The molecule has 4 amide bonds. The van der Waals surface area contributed by atoms with Crippen molar-refractivity contribution in [2.45, 2.75) is 90.1 Å². The SMILES string of the molecule is CC(C)(C)OC(=O)N[C@@H]1CCN(C(=O)c2ccc(-n3cc(-c4cc5cc(F)ccc5[nH]c4=O)nn3)cc2)C1.CC(C)(C)OC(=O)N[C@@H]1CCNC1.N[C@@H]1CCN(C(=O)c2ccc(-n3cc(-c4cc5cc(F)ccc5[nH]c4=O)nn3)cc2)C1.O=C(O)c1ccc(-n2cc(-c3cc4cc(F)ccc4[nH]c3=O)nn2)cc1. The number of amides is 4. The molecule has 3 aliphatic heterocycles. The van der Waals surface area contributed by atoms with Crippen LogP contribution in [0.15, 0.2) is 179 Å². The summed E-state index contributed by atoms with van der Waals surface area (Å²) in [5, 5.41) is 43.7. The second-order valence-corrected chi connectivity index (χ2v) is 27.8. The molecule has 0 spiro atoms. The average molecular weight is 1470 g/mol. The van der Waals surface area contributed by atoms with Gasteiger partial charge in [0.15, 0.2) is 0 Å². The number of nitrogens with one attached hydrogen (secondary N) is 6. The van der Waals surface area contributed by atoms with E-state index in [2.05, 4.69) is 61.8 Å². The smallest absolute Gasteiger partial charge is 0.407 e. The van der Waals surface area contributed by atoms with Crippen LogP contribution in [-0.2, 0) is 9.47 Å². The average Bonchev–Trinajstić information content (AvgIpc) is 1.53. The standard InChI is InChI=1S/C27H27FN6O4.C22H19FN6O2.C18H11FN4O3.C9H18N2O2/c1-27(2,3)38-26(37)29-19-10-11-33(14-19)25(36)16-4-7-20(8-5-16)34-15-23(31-32-34)21-13-17-12-18(28)6-9-22(17)30-24(21)35;23-15-3-6-19-14(9-15)10-18(21(30)25-19)20-12-29(27-26-20)17-4-1-13(2-5-17)22(31)28-8-7-16(24)11-28;19-12-3-6-15-11(7-12)8-14(17(24)20-15)16-9-23(22-21-16)13-4-1-10(2-5-13)18(25)26;1-9(2,3)13-8(12)11-7-4-5-10-6-7/h4-9,12-13,15,19H,10-11,14H2,1-3H3,(H,29,37)(H,30,35);1-6,9-10,12,16H,7-8,11,24H2,(H,25,30);1-9H,(H,20,24)(H,25,26);7,10H,4-6H2,1-3H3,(H,11,12)/t19-;16-;;7-/m11.1/s1. The Balaban J connectivity index is 0.000000141. The lowest BCUT2D eigenvalue weighted by molar-refractivity contribution is 0.0494. The number of nitrogens with two attached hydrogens (primary N) is 1. The van der Waals surface area contributed by atoms with Gasteiger partial charge < -0.3 is 61.0 Å². The molecule has 6 aromatic heterocycles. The number of benzene rings is 6. The highest BCUT2D eigenvalue weighted by Gasteiger charge is 2.31. The predicted octanol–water partition coefficient (Wildman–Crippen LogP) is 9.23. The number of carboxylic acids is 1. The molecule has 0 radical (unpaired) electrons. The van der Waals surface area contributed by atoms with Crippen molar-refractivity contribution in [1.82, 2.24) is 85.7 Å². The summed E-state index contributed by atoms with van der Waals surface area (Å²) in [7, 11) is 0. The molecule has 3 aliphatic rings. The number of nitrogens with zero attached hydrogens (tertiary/aromatic N) is 11. The molecule has 108 heavy (non-hydrogen) atoms. The molecule has 9 N–H and O–H groups in total. The first-order chi connectivity index (χ1) is 51.5. The fraction of sp³-hybridized carbons (Fsp3) is 0.263. The number of carboxylic acid groups (broad SMARTS) is 1. The highest BCUT2D eigenvalue weighted by Crippen LogP contribution is 2.26. The molecule has 0 saturated carbocycles. The summed E-state index contributed by atoms with van der Waals surface area (Å²) in [4.78, 5) is 109. The summed E-state index contributed by atoms with van der Waals surface area (Å²) >= 11 is 0. The minimum atomic E-state index is -1.02. The van der Waals surface area contributed by atoms with Crippen LogP contribution >= 0.6 is 0 Å². The summed E-state index contributed by atoms with van der Waals surface area (Å²) in [6, 6.07) is 37.1. The van der Waals surface area contributed by atoms with Crippen LogP contribution in [0.3, 0.4) is 0 Å². The predicted molar refractivity (Wildman–Crippen MR) is 394 cm³/mol. The second-order valence-electron chi connectivity index (χ2n) is 27.8. The first kappa shape index (κ1) is 74.7. The maximum atomic E-state index is 13.6. The molecule has 9 heterocycles. The molecule has 6 aromatic carbocycles. The molecule has 15 rings (SSSR count). The number of fused-ring (bicyclic) bond motifs is 3. The van der Waals surface area contributed by atoms with Crippen molar-refractivity contribution in [2.24, 2.45) is 5.73 Å². The largest absolute Gasteiger partial charge is 0.478 e. The van der Waals surface area contributed by atoms with Gasteiger partial charge in [0.2, 0.25) is 0 Å². The minimum absolute atomic E-state index is 0.0338. The number of rotatable bonds is 11. The maximum absolute atomic E-state index is 13.6. The number of pyridine rings is 3. The minimum Gasteiger partial charge on any atom is -0.478 e. The van der Waals surface area contributed by atoms with E-state index in [0.29, 0.717) is 116 Å². The highest BCUT2D eigenvalue weighted by atomic mass is 19.1. The maximum Gasteiger partial charge on any atom is 0.407 e. The Kier molecular flexibility index (Phi) is 22.0. The molecule has 12 aromatic rings. The van der Waals surface area contributed by atoms with Crippen LogP contribution < -0.4 is 38.4 Å². The fourth-order valence-electron chi connectivity index (χ4n) is 12.0. The normalized spacial score (nSPS) is 15.5.